The summed E-state index contributed by atoms with van der Waals surface area (Å²) in [7, 11) is 2.09. The predicted molar refractivity (Wildman–Crippen MR) is 93.4 cm³/mol. The summed E-state index contributed by atoms with van der Waals surface area (Å²) in [4.78, 5) is 13.3. The van der Waals surface area contributed by atoms with Crippen LogP contribution in [-0.2, 0) is 6.54 Å². The van der Waals surface area contributed by atoms with Crippen LogP contribution in [0.25, 0.3) is 0 Å². The largest absolute Gasteiger partial charge is 0.360 e. The molecule has 0 N–H and O–H groups in total. The summed E-state index contributed by atoms with van der Waals surface area (Å²) in [6, 6.07) is 12.6. The van der Waals surface area contributed by atoms with Gasteiger partial charge in [-0.15, -0.1) is 0 Å². The Balaban J connectivity index is 2.12. The van der Waals surface area contributed by atoms with E-state index in [2.05, 4.69) is 71.0 Å². The minimum atomic E-state index is 0.868. The summed E-state index contributed by atoms with van der Waals surface area (Å²) < 4.78 is 0. The smallest absolute Gasteiger partial charge is 0.134 e. The molecule has 0 amide bonds. The molecule has 2 aromatic rings. The number of rotatable bonds is 8. The summed E-state index contributed by atoms with van der Waals surface area (Å²) in [6.07, 6.45) is 4.04. The predicted octanol–water partition coefficient (Wildman–Crippen LogP) is 3.74. The van der Waals surface area contributed by atoms with Gasteiger partial charge in [-0.05, 0) is 18.9 Å². The van der Waals surface area contributed by atoms with E-state index in [1.54, 1.807) is 6.33 Å². The highest BCUT2D eigenvalue weighted by molar-refractivity contribution is 5.50. The Kier molecular flexibility index (Phi) is 6.19. The SMILES string of the molecule is CCCCN(C)c1cc(N(CC)Cc2ccccc2)ncn1. The number of anilines is 2. The molecule has 0 saturated heterocycles. The van der Waals surface area contributed by atoms with Crippen molar-refractivity contribution in [1.29, 1.82) is 0 Å². The van der Waals surface area contributed by atoms with Gasteiger partial charge in [0.2, 0.25) is 0 Å². The van der Waals surface area contributed by atoms with Gasteiger partial charge in [0.05, 0.1) is 0 Å². The van der Waals surface area contributed by atoms with Crippen LogP contribution in [0.2, 0.25) is 0 Å². The molecule has 4 heteroatoms. The van der Waals surface area contributed by atoms with Crippen LogP contribution in [0.5, 0.6) is 0 Å². The van der Waals surface area contributed by atoms with Gasteiger partial charge in [0.15, 0.2) is 0 Å². The lowest BCUT2D eigenvalue weighted by molar-refractivity contribution is 0.755. The highest BCUT2D eigenvalue weighted by Gasteiger charge is 2.10. The molecule has 1 aromatic heterocycles. The first kappa shape index (κ1) is 16.3. The Bertz CT molecular complexity index is 556. The molecule has 0 aliphatic rings. The molecule has 0 atom stereocenters. The molecule has 22 heavy (non-hydrogen) atoms. The molecular formula is C18H26N4. The lowest BCUT2D eigenvalue weighted by Crippen LogP contribution is -2.25. The lowest BCUT2D eigenvalue weighted by Gasteiger charge is -2.24. The fourth-order valence-corrected chi connectivity index (χ4v) is 2.39. The van der Waals surface area contributed by atoms with Crippen molar-refractivity contribution < 1.29 is 0 Å². The van der Waals surface area contributed by atoms with Gasteiger partial charge in [0, 0.05) is 32.7 Å². The van der Waals surface area contributed by atoms with Crippen molar-refractivity contribution in [3.8, 4) is 0 Å². The Hall–Kier alpha value is -2.10. The Morgan fingerprint density at radius 2 is 1.73 bits per heavy atom. The van der Waals surface area contributed by atoms with Crippen molar-refractivity contribution in [3.63, 3.8) is 0 Å². The van der Waals surface area contributed by atoms with Crippen molar-refractivity contribution in [3.05, 3.63) is 48.3 Å². The van der Waals surface area contributed by atoms with E-state index >= 15 is 0 Å². The third-order valence-electron chi connectivity index (χ3n) is 3.80. The quantitative estimate of drug-likeness (QED) is 0.743. The van der Waals surface area contributed by atoms with Gasteiger partial charge in [-0.3, -0.25) is 0 Å². The van der Waals surface area contributed by atoms with Crippen LogP contribution in [0.1, 0.15) is 32.3 Å². The molecule has 0 aliphatic carbocycles. The Morgan fingerprint density at radius 3 is 2.41 bits per heavy atom. The number of nitrogens with zero attached hydrogens (tertiary/aromatic N) is 4. The zero-order chi connectivity index (χ0) is 15.8. The average molecular weight is 298 g/mol. The van der Waals surface area contributed by atoms with Crippen molar-refractivity contribution >= 4 is 11.6 Å². The molecular weight excluding hydrogens is 272 g/mol. The zero-order valence-electron chi connectivity index (χ0n) is 13.9. The molecule has 2 rings (SSSR count). The van der Waals surface area contributed by atoms with E-state index in [0.717, 1.165) is 31.3 Å². The summed E-state index contributed by atoms with van der Waals surface area (Å²) in [5.74, 6) is 1.98. The average Bonchev–Trinajstić information content (AvgIpc) is 2.58. The minimum absolute atomic E-state index is 0.868. The Morgan fingerprint density at radius 1 is 1.00 bits per heavy atom. The van der Waals surface area contributed by atoms with Gasteiger partial charge in [-0.2, -0.15) is 0 Å². The maximum absolute atomic E-state index is 4.46. The van der Waals surface area contributed by atoms with E-state index in [-0.39, 0.29) is 0 Å². The third-order valence-corrected chi connectivity index (χ3v) is 3.80. The van der Waals surface area contributed by atoms with E-state index in [4.69, 9.17) is 0 Å². The van der Waals surface area contributed by atoms with E-state index in [1.165, 1.54) is 18.4 Å². The molecule has 0 spiro atoms. The van der Waals surface area contributed by atoms with E-state index in [9.17, 15) is 0 Å². The normalized spacial score (nSPS) is 10.5. The fourth-order valence-electron chi connectivity index (χ4n) is 2.39. The van der Waals surface area contributed by atoms with Crippen molar-refractivity contribution in [2.24, 2.45) is 0 Å². The second-order valence-electron chi connectivity index (χ2n) is 5.51. The standard InChI is InChI=1S/C18H26N4/c1-4-6-12-21(3)17-13-18(20-15-19-17)22(5-2)14-16-10-8-7-9-11-16/h7-11,13,15H,4-6,12,14H2,1-3H3. The number of aromatic nitrogens is 2. The molecule has 0 bridgehead atoms. The van der Waals surface area contributed by atoms with Gasteiger partial charge in [0.1, 0.15) is 18.0 Å². The molecule has 0 radical (unpaired) electrons. The van der Waals surface area contributed by atoms with E-state index in [1.807, 2.05) is 6.07 Å². The van der Waals surface area contributed by atoms with Gasteiger partial charge in [-0.25, -0.2) is 9.97 Å². The highest BCUT2D eigenvalue weighted by atomic mass is 15.2. The molecule has 0 fully saturated rings. The van der Waals surface area contributed by atoms with Crippen LogP contribution in [0.3, 0.4) is 0 Å². The van der Waals surface area contributed by atoms with Gasteiger partial charge in [0.25, 0.3) is 0 Å². The second kappa shape index (κ2) is 8.37. The summed E-state index contributed by atoms with van der Waals surface area (Å²) in [6.45, 7) is 7.18. The highest BCUT2D eigenvalue weighted by Crippen LogP contribution is 2.19. The maximum atomic E-state index is 4.46. The molecule has 1 aromatic carbocycles. The van der Waals surface area contributed by atoms with E-state index < -0.39 is 0 Å². The monoisotopic (exact) mass is 298 g/mol. The first-order valence-corrected chi connectivity index (χ1v) is 8.06. The van der Waals surface area contributed by atoms with Gasteiger partial charge in [-0.1, -0.05) is 43.7 Å². The molecule has 118 valence electrons. The summed E-state index contributed by atoms with van der Waals surface area (Å²) in [5, 5.41) is 0. The molecule has 4 nitrogen and oxygen atoms in total. The van der Waals surface area contributed by atoms with Crippen LogP contribution < -0.4 is 9.80 Å². The molecule has 0 aliphatic heterocycles. The minimum Gasteiger partial charge on any atom is -0.360 e. The molecule has 1 heterocycles. The zero-order valence-corrected chi connectivity index (χ0v) is 13.9. The summed E-state index contributed by atoms with van der Waals surface area (Å²) in [5.41, 5.74) is 1.30. The van der Waals surface area contributed by atoms with Crippen LogP contribution >= 0.6 is 0 Å². The van der Waals surface area contributed by atoms with Crippen molar-refractivity contribution in [2.75, 3.05) is 29.9 Å². The number of hydrogen-bond acceptors (Lipinski definition) is 4. The molecule has 0 unspecified atom stereocenters. The van der Waals surface area contributed by atoms with Crippen LogP contribution in [0, 0.1) is 0 Å². The third kappa shape index (κ3) is 4.45. The van der Waals surface area contributed by atoms with Crippen molar-refractivity contribution in [2.45, 2.75) is 33.2 Å². The number of benzene rings is 1. The number of unbranched alkanes of at least 4 members (excludes halogenated alkanes) is 1. The fraction of sp³-hybridized carbons (Fsp3) is 0.444. The van der Waals surface area contributed by atoms with Crippen LogP contribution in [0.15, 0.2) is 42.7 Å². The van der Waals surface area contributed by atoms with Gasteiger partial charge < -0.3 is 9.80 Å². The first-order chi connectivity index (χ1) is 10.7. The lowest BCUT2D eigenvalue weighted by atomic mass is 10.2. The molecule has 0 saturated carbocycles. The number of hydrogen-bond donors (Lipinski definition) is 0. The Labute approximate surface area is 133 Å². The maximum Gasteiger partial charge on any atom is 0.134 e. The second-order valence-corrected chi connectivity index (χ2v) is 5.51. The van der Waals surface area contributed by atoms with E-state index in [0.29, 0.717) is 0 Å². The first-order valence-electron chi connectivity index (χ1n) is 8.06. The van der Waals surface area contributed by atoms with Crippen LogP contribution in [0.4, 0.5) is 11.6 Å². The topological polar surface area (TPSA) is 32.3 Å². The van der Waals surface area contributed by atoms with Crippen LogP contribution in [-0.4, -0.2) is 30.1 Å². The van der Waals surface area contributed by atoms with Gasteiger partial charge >= 0.3 is 0 Å². The summed E-state index contributed by atoms with van der Waals surface area (Å²) >= 11 is 0. The van der Waals surface area contributed by atoms with Crippen molar-refractivity contribution in [1.82, 2.24) is 9.97 Å².